The fraction of sp³-hybridized carbons (Fsp3) is 0.382. The highest BCUT2D eigenvalue weighted by atomic mass is 19.4. The van der Waals surface area contributed by atoms with Gasteiger partial charge in [0.2, 0.25) is 5.91 Å². The van der Waals surface area contributed by atoms with Crippen LogP contribution in [0.1, 0.15) is 56.0 Å². The SMILES string of the molecule is CCOc1cc(CNCCC2(CC)CC(=O)N(c3cc(F)cc(C(=O)O)c3)C2)cc(OCC)c1-c1ccc(F)cc1.O=C([O-])C(F)(F)F. The minimum atomic E-state index is -5.19. The van der Waals surface area contributed by atoms with E-state index in [1.165, 1.54) is 29.2 Å². The molecule has 1 amide bonds. The predicted molar refractivity (Wildman–Crippen MR) is 165 cm³/mol. The Morgan fingerprint density at radius 2 is 1.54 bits per heavy atom. The standard InChI is InChI=1S/C32H36F2N2O5.C2HF3O2/c1-4-32(18-29(37)36(20-32)26-16-23(31(38)39)15-25(34)17-26)11-12-35-19-21-13-27(40-5-2)30(28(14-21)41-6-3)22-7-9-24(33)10-8-22;3-2(4,5)1(6)7/h7-10,13-17,35H,4-6,11-12,18-20H2,1-3H3,(H,38,39);(H,6,7)/p-1. The molecule has 1 unspecified atom stereocenters. The maximum atomic E-state index is 14.1. The van der Waals surface area contributed by atoms with Crippen LogP contribution in [0.25, 0.3) is 11.1 Å². The van der Waals surface area contributed by atoms with E-state index in [4.69, 9.17) is 19.4 Å². The van der Waals surface area contributed by atoms with Gasteiger partial charge >= 0.3 is 12.1 Å². The number of halogens is 5. The molecule has 0 aromatic heterocycles. The van der Waals surface area contributed by atoms with E-state index in [-0.39, 0.29) is 28.4 Å². The number of carbonyl (C=O) groups is 3. The van der Waals surface area contributed by atoms with Gasteiger partial charge in [-0.25, -0.2) is 13.6 Å². The molecule has 0 bridgehead atoms. The highest BCUT2D eigenvalue weighted by Gasteiger charge is 2.42. The molecule has 260 valence electrons. The summed E-state index contributed by atoms with van der Waals surface area (Å²) in [4.78, 5) is 34.6. The summed E-state index contributed by atoms with van der Waals surface area (Å²) in [7, 11) is 0. The van der Waals surface area contributed by atoms with Gasteiger partial charge in [-0.1, -0.05) is 19.1 Å². The van der Waals surface area contributed by atoms with E-state index in [2.05, 4.69) is 5.32 Å². The predicted octanol–water partition coefficient (Wildman–Crippen LogP) is 5.74. The molecule has 0 aliphatic carbocycles. The van der Waals surface area contributed by atoms with Crippen LogP contribution in [0.5, 0.6) is 11.5 Å². The lowest BCUT2D eigenvalue weighted by atomic mass is 9.81. The van der Waals surface area contributed by atoms with E-state index in [9.17, 15) is 36.6 Å². The van der Waals surface area contributed by atoms with Crippen molar-refractivity contribution < 1.29 is 56.0 Å². The third-order valence-corrected chi connectivity index (χ3v) is 7.76. The minimum Gasteiger partial charge on any atom is -0.542 e. The average molecular weight is 680 g/mol. The Hall–Kier alpha value is -4.72. The second-order valence-corrected chi connectivity index (χ2v) is 11.1. The Balaban J connectivity index is 0.000000804. The Labute approximate surface area is 274 Å². The zero-order chi connectivity index (χ0) is 35.6. The van der Waals surface area contributed by atoms with Crippen molar-refractivity contribution in [2.75, 3.05) is 31.2 Å². The number of anilines is 1. The number of hydrogen-bond donors (Lipinski definition) is 2. The van der Waals surface area contributed by atoms with E-state index in [0.717, 1.165) is 29.2 Å². The van der Waals surface area contributed by atoms with Gasteiger partial charge in [0.05, 0.1) is 24.3 Å². The molecule has 2 N–H and O–H groups in total. The molecule has 0 saturated carbocycles. The maximum absolute atomic E-state index is 14.1. The molecule has 4 rings (SSSR count). The van der Waals surface area contributed by atoms with Crippen LogP contribution in [-0.2, 0) is 16.1 Å². The Morgan fingerprint density at radius 1 is 0.958 bits per heavy atom. The maximum Gasteiger partial charge on any atom is 0.430 e. The van der Waals surface area contributed by atoms with Crippen molar-refractivity contribution in [3.05, 3.63) is 77.4 Å². The number of hydrogen-bond acceptors (Lipinski definition) is 7. The van der Waals surface area contributed by atoms with Crippen molar-refractivity contribution >= 4 is 23.5 Å². The molecular weight excluding hydrogens is 643 g/mol. The summed E-state index contributed by atoms with van der Waals surface area (Å²) < 4.78 is 71.1. The van der Waals surface area contributed by atoms with Gasteiger partial charge in [-0.3, -0.25) is 4.79 Å². The van der Waals surface area contributed by atoms with E-state index >= 15 is 0 Å². The van der Waals surface area contributed by atoms with Crippen LogP contribution in [0, 0.1) is 17.0 Å². The lowest BCUT2D eigenvalue weighted by Crippen LogP contribution is -2.37. The van der Waals surface area contributed by atoms with Crippen molar-refractivity contribution in [1.29, 1.82) is 0 Å². The van der Waals surface area contributed by atoms with Crippen molar-refractivity contribution in [3.8, 4) is 22.6 Å². The van der Waals surface area contributed by atoms with Crippen LogP contribution in [0.15, 0.2) is 54.6 Å². The smallest absolute Gasteiger partial charge is 0.430 e. The zero-order valence-corrected chi connectivity index (χ0v) is 26.6. The molecule has 3 aromatic carbocycles. The summed E-state index contributed by atoms with van der Waals surface area (Å²) in [6, 6.07) is 13.6. The van der Waals surface area contributed by atoms with Crippen LogP contribution >= 0.6 is 0 Å². The fourth-order valence-corrected chi connectivity index (χ4v) is 5.34. The lowest BCUT2D eigenvalue weighted by molar-refractivity contribution is -0.344. The van der Waals surface area contributed by atoms with Crippen LogP contribution in [-0.4, -0.2) is 55.4 Å². The molecule has 14 heteroatoms. The van der Waals surface area contributed by atoms with Gasteiger partial charge in [-0.05, 0) is 92.2 Å². The molecule has 1 heterocycles. The number of rotatable bonds is 13. The first kappa shape index (κ1) is 37.7. The molecule has 48 heavy (non-hydrogen) atoms. The van der Waals surface area contributed by atoms with Gasteiger partial charge < -0.3 is 34.7 Å². The monoisotopic (exact) mass is 679 g/mol. The summed E-state index contributed by atoms with van der Waals surface area (Å²) in [5.41, 5.74) is 2.29. The van der Waals surface area contributed by atoms with Crippen LogP contribution in [0.3, 0.4) is 0 Å². The quantitative estimate of drug-likeness (QED) is 0.173. The molecule has 0 spiro atoms. The summed E-state index contributed by atoms with van der Waals surface area (Å²) in [5, 5.41) is 21.6. The van der Waals surface area contributed by atoms with E-state index in [1.807, 2.05) is 32.9 Å². The first-order valence-corrected chi connectivity index (χ1v) is 15.1. The van der Waals surface area contributed by atoms with Crippen molar-refractivity contribution in [1.82, 2.24) is 5.32 Å². The van der Waals surface area contributed by atoms with Gasteiger partial charge in [0.15, 0.2) is 0 Å². The van der Waals surface area contributed by atoms with E-state index in [1.54, 1.807) is 12.1 Å². The summed E-state index contributed by atoms with van der Waals surface area (Å²) in [6.45, 7) is 8.31. The number of carbonyl (C=O) groups excluding carboxylic acids is 2. The second-order valence-electron chi connectivity index (χ2n) is 11.1. The highest BCUT2D eigenvalue weighted by molar-refractivity contribution is 5.98. The number of nitrogens with one attached hydrogen (secondary N) is 1. The first-order valence-electron chi connectivity index (χ1n) is 15.1. The van der Waals surface area contributed by atoms with Crippen molar-refractivity contribution in [2.24, 2.45) is 5.41 Å². The molecule has 1 aliphatic rings. The number of aliphatic carboxylic acids is 1. The lowest BCUT2D eigenvalue weighted by Gasteiger charge is -2.28. The average Bonchev–Trinajstić information content (AvgIpc) is 3.36. The zero-order valence-electron chi connectivity index (χ0n) is 26.6. The molecular formula is C34H36F5N2O7-. The summed E-state index contributed by atoms with van der Waals surface area (Å²) in [6.07, 6.45) is -3.44. The van der Waals surface area contributed by atoms with Crippen molar-refractivity contribution in [2.45, 2.75) is 52.8 Å². The fourth-order valence-electron chi connectivity index (χ4n) is 5.34. The van der Waals surface area contributed by atoms with Gasteiger partial charge in [-0.2, -0.15) is 13.2 Å². The molecule has 3 aromatic rings. The van der Waals surface area contributed by atoms with E-state index in [0.29, 0.717) is 57.2 Å². The molecule has 1 atom stereocenters. The van der Waals surface area contributed by atoms with Crippen LogP contribution in [0.2, 0.25) is 0 Å². The normalized spacial score (nSPS) is 15.9. The topological polar surface area (TPSA) is 128 Å². The van der Waals surface area contributed by atoms with Gasteiger partial charge in [0.1, 0.15) is 29.1 Å². The summed E-state index contributed by atoms with van der Waals surface area (Å²) in [5.74, 6) is -4.09. The Bertz CT molecular complexity index is 1570. The second kappa shape index (κ2) is 16.4. The molecule has 1 aliphatic heterocycles. The number of benzene rings is 3. The Kier molecular flexibility index (Phi) is 12.9. The Morgan fingerprint density at radius 3 is 2.04 bits per heavy atom. The molecule has 0 radical (unpaired) electrons. The van der Waals surface area contributed by atoms with Crippen LogP contribution < -0.4 is 24.8 Å². The number of alkyl halides is 3. The molecule has 9 nitrogen and oxygen atoms in total. The number of aromatic carboxylic acids is 1. The number of amides is 1. The number of nitrogens with zero attached hydrogens (tertiary/aromatic N) is 1. The van der Waals surface area contributed by atoms with Gasteiger partial charge in [0.25, 0.3) is 0 Å². The largest absolute Gasteiger partial charge is 0.542 e. The first-order chi connectivity index (χ1) is 22.6. The number of carboxylic acids is 2. The molecule has 1 fully saturated rings. The third-order valence-electron chi connectivity index (χ3n) is 7.76. The van der Waals surface area contributed by atoms with Gasteiger partial charge in [0, 0.05) is 25.2 Å². The van der Waals surface area contributed by atoms with Gasteiger partial charge in [-0.15, -0.1) is 0 Å². The van der Waals surface area contributed by atoms with E-state index < -0.39 is 23.9 Å². The number of carboxylic acid groups (broad SMARTS) is 2. The number of ether oxygens (including phenoxy) is 2. The molecule has 1 saturated heterocycles. The minimum absolute atomic E-state index is 0.145. The third kappa shape index (κ3) is 9.89. The highest BCUT2D eigenvalue weighted by Crippen LogP contribution is 2.42. The van der Waals surface area contributed by atoms with Crippen LogP contribution in [0.4, 0.5) is 27.6 Å². The van der Waals surface area contributed by atoms with Crippen molar-refractivity contribution in [3.63, 3.8) is 0 Å². The summed E-state index contributed by atoms with van der Waals surface area (Å²) >= 11 is 0.